The summed E-state index contributed by atoms with van der Waals surface area (Å²) in [5, 5.41) is 8.29. The maximum atomic E-state index is 13.5. The van der Waals surface area contributed by atoms with Gasteiger partial charge in [0.05, 0.1) is 0 Å². The van der Waals surface area contributed by atoms with Gasteiger partial charge in [0.25, 0.3) is 0 Å². The first-order valence-corrected chi connectivity index (χ1v) is 7.28. The Hall–Kier alpha value is -1.34. The van der Waals surface area contributed by atoms with Crippen molar-refractivity contribution in [1.82, 2.24) is 4.90 Å². The van der Waals surface area contributed by atoms with Crippen molar-refractivity contribution in [3.05, 3.63) is 29.6 Å². The summed E-state index contributed by atoms with van der Waals surface area (Å²) in [4.78, 5) is 2.31. The minimum absolute atomic E-state index is 0.580. The van der Waals surface area contributed by atoms with Crippen molar-refractivity contribution >= 4 is 0 Å². The van der Waals surface area contributed by atoms with Crippen LogP contribution in [-0.4, -0.2) is 42.1 Å². The third-order valence-electron chi connectivity index (χ3n) is 3.66. The van der Waals surface area contributed by atoms with Gasteiger partial charge in [0, 0.05) is 0 Å². The molecule has 0 bridgehead atoms. The van der Waals surface area contributed by atoms with Crippen molar-refractivity contribution in [3.63, 3.8) is 0 Å². The number of aliphatic hydroxyl groups is 1. The predicted molar refractivity (Wildman–Crippen MR) is 73.1 cm³/mol. The molecular weight excluding hydrogens is 302 g/mol. The van der Waals surface area contributed by atoms with E-state index in [0.717, 1.165) is 38.2 Å². The van der Waals surface area contributed by atoms with E-state index in [9.17, 15) is 17.6 Å². The number of halogens is 4. The Morgan fingerprint density at radius 1 is 1.27 bits per heavy atom. The monoisotopic (exact) mass is 321 g/mol. The van der Waals surface area contributed by atoms with Crippen LogP contribution in [0.2, 0.25) is 0 Å². The highest BCUT2D eigenvalue weighted by Crippen LogP contribution is 2.28. The van der Waals surface area contributed by atoms with Gasteiger partial charge in [-0.05, 0) is 63.0 Å². The summed E-state index contributed by atoms with van der Waals surface area (Å²) in [5.41, 5.74) is 0.625. The number of alkyl halides is 3. The topological polar surface area (TPSA) is 32.7 Å². The van der Waals surface area contributed by atoms with Gasteiger partial charge in [0.1, 0.15) is 0 Å². The summed E-state index contributed by atoms with van der Waals surface area (Å²) >= 11 is 0. The summed E-state index contributed by atoms with van der Waals surface area (Å²) < 4.78 is 55.7. The van der Waals surface area contributed by atoms with Crippen LogP contribution in [0.3, 0.4) is 0 Å². The Balaban J connectivity index is 1.94. The van der Waals surface area contributed by atoms with Crippen LogP contribution in [0.1, 0.15) is 24.8 Å². The largest absolute Gasteiger partial charge is 0.456 e. The van der Waals surface area contributed by atoms with Gasteiger partial charge in [-0.1, -0.05) is 6.07 Å². The Kier molecular flexibility index (Phi) is 5.63. The van der Waals surface area contributed by atoms with Crippen molar-refractivity contribution in [3.8, 4) is 5.75 Å². The van der Waals surface area contributed by atoms with E-state index < -0.39 is 24.0 Å². The van der Waals surface area contributed by atoms with Gasteiger partial charge < -0.3 is 14.7 Å². The van der Waals surface area contributed by atoms with Crippen LogP contribution in [0.4, 0.5) is 17.6 Å². The second kappa shape index (κ2) is 7.28. The average Bonchev–Trinajstić information content (AvgIpc) is 2.95. The van der Waals surface area contributed by atoms with Crippen LogP contribution in [0.15, 0.2) is 18.2 Å². The normalized spacial score (nSPS) is 17.7. The van der Waals surface area contributed by atoms with Gasteiger partial charge in [-0.3, -0.25) is 0 Å². The molecule has 1 heterocycles. The van der Waals surface area contributed by atoms with E-state index in [1.807, 2.05) is 0 Å². The molecule has 1 aliphatic heterocycles. The van der Waals surface area contributed by atoms with Crippen molar-refractivity contribution in [2.45, 2.75) is 38.1 Å². The SMILES string of the molecule is OC(F)C(F)(F)Oc1cc(CCCN2CCCC2)ccc1F. The van der Waals surface area contributed by atoms with Gasteiger partial charge in [0.2, 0.25) is 0 Å². The fraction of sp³-hybridized carbons (Fsp3) is 0.600. The number of nitrogens with zero attached hydrogens (tertiary/aromatic N) is 1. The molecule has 1 unspecified atom stereocenters. The molecule has 0 aromatic heterocycles. The lowest BCUT2D eigenvalue weighted by Crippen LogP contribution is -2.36. The maximum Gasteiger partial charge on any atom is 0.456 e. The summed E-state index contributed by atoms with van der Waals surface area (Å²) in [7, 11) is 0. The van der Waals surface area contributed by atoms with E-state index >= 15 is 0 Å². The Bertz CT molecular complexity index is 490. The van der Waals surface area contributed by atoms with E-state index in [1.165, 1.54) is 18.9 Å². The van der Waals surface area contributed by atoms with Crippen LogP contribution in [-0.2, 0) is 6.42 Å². The average molecular weight is 321 g/mol. The predicted octanol–water partition coefficient (Wildman–Crippen LogP) is 3.11. The molecule has 1 aromatic carbocycles. The first-order chi connectivity index (χ1) is 10.4. The van der Waals surface area contributed by atoms with Crippen molar-refractivity contribution < 1.29 is 27.4 Å². The number of aryl methyl sites for hydroxylation is 1. The summed E-state index contributed by atoms with van der Waals surface area (Å²) in [5.74, 6) is -1.79. The fourth-order valence-electron chi connectivity index (χ4n) is 2.49. The minimum Gasteiger partial charge on any atom is -0.425 e. The van der Waals surface area contributed by atoms with Gasteiger partial charge in [-0.2, -0.15) is 8.78 Å². The molecule has 0 amide bonds. The summed E-state index contributed by atoms with van der Waals surface area (Å²) in [6.45, 7) is 3.03. The number of benzene rings is 1. The molecule has 22 heavy (non-hydrogen) atoms. The number of likely N-dealkylation sites (tertiary alicyclic amines) is 1. The molecule has 1 fully saturated rings. The second-order valence-corrected chi connectivity index (χ2v) is 5.42. The number of aliphatic hydroxyl groups excluding tert-OH is 1. The van der Waals surface area contributed by atoms with Gasteiger partial charge >= 0.3 is 12.5 Å². The maximum absolute atomic E-state index is 13.5. The lowest BCUT2D eigenvalue weighted by molar-refractivity contribution is -0.277. The quantitative estimate of drug-likeness (QED) is 0.783. The molecule has 0 spiro atoms. The molecule has 1 saturated heterocycles. The molecule has 3 nitrogen and oxygen atoms in total. The van der Waals surface area contributed by atoms with Crippen molar-refractivity contribution in [2.24, 2.45) is 0 Å². The first kappa shape index (κ1) is 17.0. The summed E-state index contributed by atoms with van der Waals surface area (Å²) in [6.07, 6.45) is -4.21. The highest BCUT2D eigenvalue weighted by Gasteiger charge is 2.42. The lowest BCUT2D eigenvalue weighted by Gasteiger charge is -2.19. The van der Waals surface area contributed by atoms with Crippen LogP contribution >= 0.6 is 0 Å². The molecule has 0 radical (unpaired) electrons. The van der Waals surface area contributed by atoms with E-state index in [-0.39, 0.29) is 0 Å². The van der Waals surface area contributed by atoms with Gasteiger partial charge in [-0.25, -0.2) is 8.78 Å². The highest BCUT2D eigenvalue weighted by molar-refractivity contribution is 5.30. The molecule has 124 valence electrons. The Morgan fingerprint density at radius 3 is 2.59 bits per heavy atom. The Morgan fingerprint density at radius 2 is 1.95 bits per heavy atom. The second-order valence-electron chi connectivity index (χ2n) is 5.42. The standard InChI is InChI=1S/C15H19F4NO2/c16-12-6-5-11(4-3-9-20-7-1-2-8-20)10-13(12)22-15(18,19)14(17)21/h5-6,10,14,21H,1-4,7-9H2. The van der Waals surface area contributed by atoms with Gasteiger partial charge in [0.15, 0.2) is 11.6 Å². The Labute approximate surface area is 126 Å². The van der Waals surface area contributed by atoms with Crippen LogP contribution in [0, 0.1) is 5.82 Å². The number of ether oxygens (including phenoxy) is 1. The van der Waals surface area contributed by atoms with Crippen molar-refractivity contribution in [2.75, 3.05) is 19.6 Å². The molecule has 7 heteroatoms. The third-order valence-corrected chi connectivity index (χ3v) is 3.66. The fourth-order valence-corrected chi connectivity index (χ4v) is 2.49. The number of hydrogen-bond donors (Lipinski definition) is 1. The molecule has 1 atom stereocenters. The molecule has 1 aromatic rings. The molecule has 2 rings (SSSR count). The molecular formula is C15H19F4NO2. The summed E-state index contributed by atoms with van der Waals surface area (Å²) in [6, 6.07) is 3.60. The van der Waals surface area contributed by atoms with Crippen molar-refractivity contribution in [1.29, 1.82) is 0 Å². The van der Waals surface area contributed by atoms with E-state index in [1.54, 1.807) is 0 Å². The minimum atomic E-state index is -4.48. The zero-order chi connectivity index (χ0) is 16.2. The highest BCUT2D eigenvalue weighted by atomic mass is 19.3. The lowest BCUT2D eigenvalue weighted by atomic mass is 10.1. The molecule has 1 aliphatic rings. The molecule has 0 saturated carbocycles. The number of hydrogen-bond acceptors (Lipinski definition) is 3. The van der Waals surface area contributed by atoms with Crippen LogP contribution in [0.5, 0.6) is 5.75 Å². The van der Waals surface area contributed by atoms with Gasteiger partial charge in [-0.15, -0.1) is 0 Å². The zero-order valence-electron chi connectivity index (χ0n) is 12.1. The smallest absolute Gasteiger partial charge is 0.425 e. The molecule has 1 N–H and O–H groups in total. The van der Waals surface area contributed by atoms with E-state index in [4.69, 9.17) is 5.11 Å². The van der Waals surface area contributed by atoms with Crippen LogP contribution < -0.4 is 4.74 Å². The first-order valence-electron chi connectivity index (χ1n) is 7.28. The van der Waals surface area contributed by atoms with E-state index in [0.29, 0.717) is 12.0 Å². The van der Waals surface area contributed by atoms with E-state index in [2.05, 4.69) is 9.64 Å². The zero-order valence-corrected chi connectivity index (χ0v) is 12.1. The number of rotatable bonds is 7. The molecule has 0 aliphatic carbocycles. The van der Waals surface area contributed by atoms with Crippen LogP contribution in [0.25, 0.3) is 0 Å². The third kappa shape index (κ3) is 4.58.